The number of halogens is 1. The summed E-state index contributed by atoms with van der Waals surface area (Å²) in [6, 6.07) is 11.3. The van der Waals surface area contributed by atoms with Gasteiger partial charge in [-0.25, -0.2) is 0 Å². The van der Waals surface area contributed by atoms with E-state index >= 15 is 0 Å². The van der Waals surface area contributed by atoms with Crippen molar-refractivity contribution in [1.82, 2.24) is 0 Å². The van der Waals surface area contributed by atoms with Gasteiger partial charge in [0, 0.05) is 28.5 Å². The van der Waals surface area contributed by atoms with Gasteiger partial charge in [-0.1, -0.05) is 29.8 Å². The van der Waals surface area contributed by atoms with Crippen molar-refractivity contribution in [1.29, 1.82) is 0 Å². The van der Waals surface area contributed by atoms with E-state index in [-0.39, 0.29) is 5.78 Å². The van der Waals surface area contributed by atoms with Gasteiger partial charge in [0.15, 0.2) is 5.78 Å². The maximum Gasteiger partial charge on any atom is 0.187 e. The highest BCUT2D eigenvalue weighted by Gasteiger charge is 2.03. The van der Waals surface area contributed by atoms with Crippen LogP contribution in [0.4, 0.5) is 5.69 Å². The fourth-order valence-corrected chi connectivity index (χ4v) is 2.12. The topological polar surface area (TPSA) is 29.1 Å². The monoisotopic (exact) mass is 299 g/mol. The number of nitrogens with one attached hydrogen (secondary N) is 1. The summed E-state index contributed by atoms with van der Waals surface area (Å²) in [7, 11) is 0. The third kappa shape index (κ3) is 3.96. The van der Waals surface area contributed by atoms with Gasteiger partial charge >= 0.3 is 0 Å². The number of hydrogen-bond acceptors (Lipinski definition) is 2. The Balaban J connectivity index is 2.08. The minimum absolute atomic E-state index is 0.0229. The van der Waals surface area contributed by atoms with Crippen LogP contribution in [0.5, 0.6) is 0 Å². The molecule has 0 saturated heterocycles. The lowest BCUT2D eigenvalue weighted by molar-refractivity contribution is 0.104. The van der Waals surface area contributed by atoms with E-state index in [0.29, 0.717) is 10.6 Å². The summed E-state index contributed by atoms with van der Waals surface area (Å²) in [4.78, 5) is 12.1. The van der Waals surface area contributed by atoms with E-state index in [1.165, 1.54) is 11.6 Å². The Hall–Kier alpha value is -2.06. The Bertz CT molecular complexity index is 704. The average Bonchev–Trinajstić information content (AvgIpc) is 2.45. The van der Waals surface area contributed by atoms with Gasteiger partial charge in [0.1, 0.15) is 0 Å². The van der Waals surface area contributed by atoms with Gasteiger partial charge < -0.3 is 5.32 Å². The van der Waals surface area contributed by atoms with Gasteiger partial charge in [0.05, 0.1) is 0 Å². The van der Waals surface area contributed by atoms with Gasteiger partial charge in [-0.15, -0.1) is 0 Å². The molecule has 3 heteroatoms. The molecule has 0 heterocycles. The smallest absolute Gasteiger partial charge is 0.187 e. The Labute approximate surface area is 130 Å². The SMILES string of the molecule is Cc1ccc(C(=O)/C=C/Nc2cc(Cl)ccc2C)cc1C. The second-order valence-corrected chi connectivity index (χ2v) is 5.54. The highest BCUT2D eigenvalue weighted by molar-refractivity contribution is 6.30. The van der Waals surface area contributed by atoms with E-state index < -0.39 is 0 Å². The molecule has 0 spiro atoms. The normalized spacial score (nSPS) is 10.9. The van der Waals surface area contributed by atoms with Crippen LogP contribution in [0.3, 0.4) is 0 Å². The van der Waals surface area contributed by atoms with Crippen molar-refractivity contribution >= 4 is 23.1 Å². The van der Waals surface area contributed by atoms with Crippen molar-refractivity contribution in [2.75, 3.05) is 5.32 Å². The molecule has 0 amide bonds. The average molecular weight is 300 g/mol. The molecule has 1 N–H and O–H groups in total. The molecule has 0 aliphatic carbocycles. The Kier molecular flexibility index (Phi) is 4.81. The second-order valence-electron chi connectivity index (χ2n) is 5.10. The van der Waals surface area contributed by atoms with Gasteiger partial charge in [-0.2, -0.15) is 0 Å². The number of carbonyl (C=O) groups excluding carboxylic acids is 1. The number of anilines is 1. The number of ketones is 1. The van der Waals surface area contributed by atoms with Crippen LogP contribution in [0.1, 0.15) is 27.0 Å². The van der Waals surface area contributed by atoms with Crippen molar-refractivity contribution in [3.8, 4) is 0 Å². The van der Waals surface area contributed by atoms with E-state index in [1.54, 1.807) is 6.20 Å². The van der Waals surface area contributed by atoms with Crippen molar-refractivity contribution in [2.45, 2.75) is 20.8 Å². The molecule has 2 aromatic rings. The fraction of sp³-hybridized carbons (Fsp3) is 0.167. The van der Waals surface area contributed by atoms with E-state index in [1.807, 2.05) is 57.2 Å². The molecule has 21 heavy (non-hydrogen) atoms. The number of rotatable bonds is 4. The zero-order chi connectivity index (χ0) is 15.4. The van der Waals surface area contributed by atoms with Crippen LogP contribution in [-0.2, 0) is 0 Å². The quantitative estimate of drug-likeness (QED) is 0.630. The lowest BCUT2D eigenvalue weighted by Gasteiger charge is -2.06. The van der Waals surface area contributed by atoms with Crippen LogP contribution in [0.25, 0.3) is 0 Å². The molecule has 0 radical (unpaired) electrons. The maximum absolute atomic E-state index is 12.1. The molecular weight excluding hydrogens is 282 g/mol. The van der Waals surface area contributed by atoms with Crippen molar-refractivity contribution < 1.29 is 4.79 Å². The molecule has 0 bridgehead atoms. The lowest BCUT2D eigenvalue weighted by atomic mass is 10.0. The Morgan fingerprint density at radius 3 is 2.43 bits per heavy atom. The maximum atomic E-state index is 12.1. The fourth-order valence-electron chi connectivity index (χ4n) is 1.95. The molecule has 0 saturated carbocycles. The van der Waals surface area contributed by atoms with Crippen LogP contribution in [-0.4, -0.2) is 5.78 Å². The summed E-state index contributed by atoms with van der Waals surface area (Å²) in [5.74, 6) is -0.0229. The van der Waals surface area contributed by atoms with Gasteiger partial charge in [0.25, 0.3) is 0 Å². The first-order valence-corrected chi connectivity index (χ1v) is 7.16. The summed E-state index contributed by atoms with van der Waals surface area (Å²) in [6.45, 7) is 6.02. The van der Waals surface area contributed by atoms with Gasteiger partial charge in [0.2, 0.25) is 0 Å². The van der Waals surface area contributed by atoms with Crippen molar-refractivity contribution in [2.24, 2.45) is 0 Å². The summed E-state index contributed by atoms with van der Waals surface area (Å²) < 4.78 is 0. The van der Waals surface area contributed by atoms with Crippen LogP contribution < -0.4 is 5.32 Å². The summed E-state index contributed by atoms with van der Waals surface area (Å²) in [5.41, 5.74) is 4.96. The third-order valence-corrected chi connectivity index (χ3v) is 3.70. The number of carbonyl (C=O) groups is 1. The number of benzene rings is 2. The van der Waals surface area contributed by atoms with E-state index in [4.69, 9.17) is 11.6 Å². The zero-order valence-corrected chi connectivity index (χ0v) is 13.2. The number of hydrogen-bond donors (Lipinski definition) is 1. The van der Waals surface area contributed by atoms with E-state index in [2.05, 4.69) is 5.32 Å². The summed E-state index contributed by atoms with van der Waals surface area (Å²) in [5, 5.41) is 3.76. The Morgan fingerprint density at radius 2 is 1.71 bits per heavy atom. The first kappa shape index (κ1) is 15.3. The van der Waals surface area contributed by atoms with Crippen LogP contribution in [0.2, 0.25) is 5.02 Å². The molecular formula is C18H18ClNO. The van der Waals surface area contributed by atoms with Crippen LogP contribution >= 0.6 is 11.6 Å². The van der Waals surface area contributed by atoms with Gasteiger partial charge in [-0.3, -0.25) is 4.79 Å². The van der Waals surface area contributed by atoms with Crippen molar-refractivity contribution in [3.05, 3.63) is 76.0 Å². The van der Waals surface area contributed by atoms with E-state index in [9.17, 15) is 4.79 Å². The summed E-state index contributed by atoms with van der Waals surface area (Å²) in [6.07, 6.45) is 3.18. The molecule has 2 nitrogen and oxygen atoms in total. The predicted molar refractivity (Wildman–Crippen MR) is 89.2 cm³/mol. The first-order chi connectivity index (χ1) is 9.97. The predicted octanol–water partition coefficient (Wildman–Crippen LogP) is 5.07. The largest absolute Gasteiger partial charge is 0.361 e. The molecule has 0 aliphatic heterocycles. The standard InChI is InChI=1S/C18H18ClNO/c1-12-4-6-15(10-14(12)3)18(21)8-9-20-17-11-16(19)7-5-13(17)2/h4-11,20H,1-3H3/b9-8+. The molecule has 0 aliphatic rings. The van der Waals surface area contributed by atoms with Gasteiger partial charge in [-0.05, 0) is 55.7 Å². The highest BCUT2D eigenvalue weighted by atomic mass is 35.5. The summed E-state index contributed by atoms with van der Waals surface area (Å²) >= 11 is 5.96. The Morgan fingerprint density at radius 1 is 1.00 bits per heavy atom. The molecule has 0 atom stereocenters. The molecule has 108 valence electrons. The molecule has 0 unspecified atom stereocenters. The second kappa shape index (κ2) is 6.59. The third-order valence-electron chi connectivity index (χ3n) is 3.46. The minimum Gasteiger partial charge on any atom is -0.361 e. The van der Waals surface area contributed by atoms with E-state index in [0.717, 1.165) is 16.8 Å². The zero-order valence-electron chi connectivity index (χ0n) is 12.4. The molecule has 2 rings (SSSR count). The highest BCUT2D eigenvalue weighted by Crippen LogP contribution is 2.20. The lowest BCUT2D eigenvalue weighted by Crippen LogP contribution is -1.98. The minimum atomic E-state index is -0.0229. The van der Waals surface area contributed by atoms with Crippen molar-refractivity contribution in [3.63, 3.8) is 0 Å². The number of aryl methyl sites for hydroxylation is 3. The molecule has 2 aromatic carbocycles. The first-order valence-electron chi connectivity index (χ1n) is 6.78. The van der Waals surface area contributed by atoms with Crippen LogP contribution in [0.15, 0.2) is 48.7 Å². The molecule has 0 aromatic heterocycles. The van der Waals surface area contributed by atoms with Crippen LogP contribution in [0, 0.1) is 20.8 Å². The number of allylic oxidation sites excluding steroid dienone is 1. The molecule has 0 fully saturated rings.